The van der Waals surface area contributed by atoms with Crippen LogP contribution in [0.15, 0.2) is 42.5 Å². The summed E-state index contributed by atoms with van der Waals surface area (Å²) in [5, 5.41) is 4.09. The summed E-state index contributed by atoms with van der Waals surface area (Å²) in [5.74, 6) is -0.0996. The largest absolute Gasteiger partial charge is 0.350 e. The maximum atomic E-state index is 12.5. The van der Waals surface area contributed by atoms with Crippen LogP contribution < -0.4 is 5.32 Å². The lowest BCUT2D eigenvalue weighted by Crippen LogP contribution is -2.14. The fourth-order valence-corrected chi connectivity index (χ4v) is 2.58. The number of carbonyl (C=O) groups excluding carboxylic acids is 1. The molecule has 0 aliphatic carbocycles. The highest BCUT2D eigenvalue weighted by Crippen LogP contribution is 2.23. The molecule has 0 atom stereocenters. The van der Waals surface area contributed by atoms with Gasteiger partial charge in [0.2, 0.25) is 0 Å². The van der Waals surface area contributed by atoms with Crippen molar-refractivity contribution in [1.29, 1.82) is 0 Å². The van der Waals surface area contributed by atoms with Crippen LogP contribution in [0.4, 0.5) is 5.69 Å². The molecule has 106 valence electrons. The number of aromatic amines is 1. The first-order chi connectivity index (χ1) is 10.1. The van der Waals surface area contributed by atoms with Crippen molar-refractivity contribution in [2.75, 3.05) is 5.32 Å². The number of benzene rings is 2. The fourth-order valence-electron chi connectivity index (χ4n) is 2.58. The monoisotopic (exact) mass is 278 g/mol. The van der Waals surface area contributed by atoms with E-state index in [0.717, 1.165) is 27.7 Å². The molecule has 2 N–H and O–H groups in total. The molecule has 0 spiro atoms. The Labute approximate surface area is 124 Å². The van der Waals surface area contributed by atoms with E-state index in [9.17, 15) is 4.79 Å². The van der Waals surface area contributed by atoms with Gasteiger partial charge in [0.05, 0.1) is 0 Å². The van der Waals surface area contributed by atoms with Gasteiger partial charge in [-0.25, -0.2) is 0 Å². The molecule has 2 aromatic carbocycles. The molecule has 3 rings (SSSR count). The molecule has 0 aliphatic heterocycles. The highest BCUT2D eigenvalue weighted by atomic mass is 16.1. The molecule has 0 radical (unpaired) electrons. The van der Waals surface area contributed by atoms with E-state index in [0.29, 0.717) is 5.69 Å². The van der Waals surface area contributed by atoms with E-state index in [4.69, 9.17) is 0 Å². The molecule has 3 heteroatoms. The minimum atomic E-state index is -0.0996. The Kier molecular flexibility index (Phi) is 3.26. The van der Waals surface area contributed by atoms with Gasteiger partial charge in [-0.2, -0.15) is 0 Å². The number of nitrogens with one attached hydrogen (secondary N) is 2. The van der Waals surface area contributed by atoms with Crippen molar-refractivity contribution in [2.45, 2.75) is 20.8 Å². The van der Waals surface area contributed by atoms with E-state index in [2.05, 4.69) is 10.3 Å². The van der Waals surface area contributed by atoms with Crippen molar-refractivity contribution in [1.82, 2.24) is 4.98 Å². The first kappa shape index (κ1) is 13.4. The number of hydrogen-bond acceptors (Lipinski definition) is 1. The number of aromatic nitrogens is 1. The van der Waals surface area contributed by atoms with E-state index in [-0.39, 0.29) is 5.91 Å². The number of rotatable bonds is 2. The van der Waals surface area contributed by atoms with Gasteiger partial charge in [0, 0.05) is 16.6 Å². The minimum absolute atomic E-state index is 0.0996. The van der Waals surface area contributed by atoms with Gasteiger partial charge in [-0.05, 0) is 49.6 Å². The van der Waals surface area contributed by atoms with E-state index in [1.54, 1.807) is 0 Å². The zero-order valence-electron chi connectivity index (χ0n) is 12.4. The number of amides is 1. The Bertz CT molecular complexity index is 830. The van der Waals surface area contributed by atoms with Gasteiger partial charge in [-0.1, -0.05) is 30.3 Å². The second kappa shape index (κ2) is 5.09. The van der Waals surface area contributed by atoms with E-state index >= 15 is 0 Å². The quantitative estimate of drug-likeness (QED) is 0.719. The summed E-state index contributed by atoms with van der Waals surface area (Å²) in [6, 6.07) is 13.9. The maximum Gasteiger partial charge on any atom is 0.272 e. The number of para-hydroxylation sites is 1. The average molecular weight is 278 g/mol. The second-order valence-electron chi connectivity index (χ2n) is 5.37. The SMILES string of the molecule is Cc1cccc(NC(=O)c2[nH]c3ccccc3c2C)c1C. The lowest BCUT2D eigenvalue weighted by atomic mass is 10.1. The third-order valence-corrected chi connectivity index (χ3v) is 4.05. The highest BCUT2D eigenvalue weighted by Gasteiger charge is 2.15. The predicted octanol–water partition coefficient (Wildman–Crippen LogP) is 4.35. The summed E-state index contributed by atoms with van der Waals surface area (Å²) in [7, 11) is 0. The van der Waals surface area contributed by atoms with Crippen LogP contribution in [0, 0.1) is 20.8 Å². The lowest BCUT2D eigenvalue weighted by Gasteiger charge is -2.10. The zero-order valence-corrected chi connectivity index (χ0v) is 12.4. The van der Waals surface area contributed by atoms with Gasteiger partial charge in [0.25, 0.3) is 5.91 Å². The smallest absolute Gasteiger partial charge is 0.272 e. The van der Waals surface area contributed by atoms with Crippen LogP contribution in [-0.4, -0.2) is 10.9 Å². The Morgan fingerprint density at radius 3 is 2.48 bits per heavy atom. The zero-order chi connectivity index (χ0) is 15.0. The van der Waals surface area contributed by atoms with Gasteiger partial charge >= 0.3 is 0 Å². The molecule has 0 unspecified atom stereocenters. The second-order valence-corrected chi connectivity index (χ2v) is 5.37. The molecular weight excluding hydrogens is 260 g/mol. The lowest BCUT2D eigenvalue weighted by molar-refractivity contribution is 0.102. The van der Waals surface area contributed by atoms with Crippen LogP contribution in [0.3, 0.4) is 0 Å². The van der Waals surface area contributed by atoms with E-state index in [1.165, 1.54) is 5.56 Å². The molecule has 0 aliphatic rings. The van der Waals surface area contributed by atoms with Crippen molar-refractivity contribution in [3.05, 3.63) is 64.8 Å². The van der Waals surface area contributed by atoms with Gasteiger partial charge < -0.3 is 10.3 Å². The number of H-pyrrole nitrogens is 1. The summed E-state index contributed by atoms with van der Waals surface area (Å²) in [6.07, 6.45) is 0. The third-order valence-electron chi connectivity index (χ3n) is 4.05. The number of hydrogen-bond donors (Lipinski definition) is 2. The van der Waals surface area contributed by atoms with Crippen molar-refractivity contribution < 1.29 is 4.79 Å². The van der Waals surface area contributed by atoms with Gasteiger partial charge in [0.15, 0.2) is 0 Å². The first-order valence-corrected chi connectivity index (χ1v) is 7.03. The van der Waals surface area contributed by atoms with Crippen LogP contribution in [0.5, 0.6) is 0 Å². The highest BCUT2D eigenvalue weighted by molar-refractivity contribution is 6.08. The van der Waals surface area contributed by atoms with Gasteiger partial charge in [-0.15, -0.1) is 0 Å². The standard InChI is InChI=1S/C18H18N2O/c1-11-7-6-10-15(12(11)2)20-18(21)17-13(3)14-8-4-5-9-16(14)19-17/h4-10,19H,1-3H3,(H,20,21). The van der Waals surface area contributed by atoms with Crippen LogP contribution in [0.1, 0.15) is 27.2 Å². The molecule has 0 saturated carbocycles. The summed E-state index contributed by atoms with van der Waals surface area (Å²) in [6.45, 7) is 6.03. The Morgan fingerprint density at radius 2 is 1.71 bits per heavy atom. The van der Waals surface area contributed by atoms with Crippen LogP contribution in [0.25, 0.3) is 10.9 Å². The van der Waals surface area contributed by atoms with Crippen LogP contribution >= 0.6 is 0 Å². The summed E-state index contributed by atoms with van der Waals surface area (Å²) < 4.78 is 0. The fraction of sp³-hybridized carbons (Fsp3) is 0.167. The Hall–Kier alpha value is -2.55. The molecule has 3 aromatic rings. The maximum absolute atomic E-state index is 12.5. The van der Waals surface area contributed by atoms with E-state index < -0.39 is 0 Å². The molecule has 0 fully saturated rings. The minimum Gasteiger partial charge on any atom is -0.350 e. The van der Waals surface area contributed by atoms with Gasteiger partial charge in [-0.3, -0.25) is 4.79 Å². The number of carbonyl (C=O) groups is 1. The van der Waals surface area contributed by atoms with Crippen molar-refractivity contribution in [2.24, 2.45) is 0 Å². The molecular formula is C18H18N2O. The first-order valence-electron chi connectivity index (χ1n) is 7.03. The molecule has 1 amide bonds. The van der Waals surface area contributed by atoms with Crippen molar-refractivity contribution in [3.63, 3.8) is 0 Å². The third kappa shape index (κ3) is 2.31. The van der Waals surface area contributed by atoms with Gasteiger partial charge in [0.1, 0.15) is 5.69 Å². The summed E-state index contributed by atoms with van der Waals surface area (Å²) >= 11 is 0. The average Bonchev–Trinajstić information content (AvgIpc) is 2.82. The van der Waals surface area contributed by atoms with Crippen LogP contribution in [0.2, 0.25) is 0 Å². The number of anilines is 1. The molecule has 0 bridgehead atoms. The molecule has 0 saturated heterocycles. The number of aryl methyl sites for hydroxylation is 2. The summed E-state index contributed by atoms with van der Waals surface area (Å²) in [5.41, 5.74) is 5.71. The Balaban J connectivity index is 1.97. The number of fused-ring (bicyclic) bond motifs is 1. The predicted molar refractivity (Wildman–Crippen MR) is 86.9 cm³/mol. The Morgan fingerprint density at radius 1 is 0.952 bits per heavy atom. The van der Waals surface area contributed by atoms with Crippen molar-refractivity contribution in [3.8, 4) is 0 Å². The van der Waals surface area contributed by atoms with Crippen LogP contribution in [-0.2, 0) is 0 Å². The summed E-state index contributed by atoms with van der Waals surface area (Å²) in [4.78, 5) is 15.7. The normalized spacial score (nSPS) is 10.8. The topological polar surface area (TPSA) is 44.9 Å². The molecule has 1 aromatic heterocycles. The van der Waals surface area contributed by atoms with E-state index in [1.807, 2.05) is 63.2 Å². The molecule has 3 nitrogen and oxygen atoms in total. The molecule has 1 heterocycles. The van der Waals surface area contributed by atoms with Crippen molar-refractivity contribution >= 4 is 22.5 Å². The molecule has 21 heavy (non-hydrogen) atoms.